The highest BCUT2D eigenvalue weighted by Gasteiger charge is 2.50. The van der Waals surface area contributed by atoms with Gasteiger partial charge in [-0.05, 0) is 48.7 Å². The molecule has 0 aliphatic rings. The van der Waals surface area contributed by atoms with Gasteiger partial charge in [0.15, 0.2) is 5.60 Å². The number of hydrogen-bond acceptors (Lipinski definition) is 5. The van der Waals surface area contributed by atoms with Gasteiger partial charge in [-0.2, -0.15) is 0 Å². The van der Waals surface area contributed by atoms with Crippen molar-refractivity contribution in [1.29, 1.82) is 0 Å². The fraction of sp³-hybridized carbons (Fsp3) is 0.179. The van der Waals surface area contributed by atoms with Gasteiger partial charge in [-0.3, -0.25) is 0 Å². The van der Waals surface area contributed by atoms with E-state index in [9.17, 15) is 14.3 Å². The van der Waals surface area contributed by atoms with Crippen molar-refractivity contribution in [2.45, 2.75) is 32.2 Å². The molecule has 0 amide bonds. The summed E-state index contributed by atoms with van der Waals surface area (Å²) in [6.07, 6.45) is -1.60. The zero-order valence-electron chi connectivity index (χ0n) is 19.4. The van der Waals surface area contributed by atoms with E-state index in [1.54, 1.807) is 44.2 Å². The molecular formula is C28H25FN2O4. The number of carboxylic acid groups (broad SMARTS) is 1. The second-order valence-corrected chi connectivity index (χ2v) is 8.15. The van der Waals surface area contributed by atoms with Crippen LogP contribution < -0.4 is 4.74 Å². The topological polar surface area (TPSA) is 81.5 Å². The second kappa shape index (κ2) is 10.4. The Labute approximate surface area is 203 Å². The van der Waals surface area contributed by atoms with Gasteiger partial charge < -0.3 is 14.6 Å². The first-order valence-corrected chi connectivity index (χ1v) is 11.1. The summed E-state index contributed by atoms with van der Waals surface area (Å²) in [5.74, 6) is -1.74. The summed E-state index contributed by atoms with van der Waals surface area (Å²) in [7, 11) is 0. The van der Waals surface area contributed by atoms with E-state index in [2.05, 4.69) is 9.97 Å². The van der Waals surface area contributed by atoms with Crippen LogP contribution in [0.3, 0.4) is 0 Å². The van der Waals surface area contributed by atoms with Crippen molar-refractivity contribution >= 4 is 5.97 Å². The number of halogens is 1. The molecule has 2 atom stereocenters. The maximum absolute atomic E-state index is 13.9. The lowest BCUT2D eigenvalue weighted by molar-refractivity contribution is -0.166. The first-order valence-electron chi connectivity index (χ1n) is 11.1. The Kier molecular flexibility index (Phi) is 7.17. The maximum Gasteiger partial charge on any atom is 0.348 e. The van der Waals surface area contributed by atoms with E-state index in [0.717, 1.165) is 5.56 Å². The summed E-state index contributed by atoms with van der Waals surface area (Å²) in [5.41, 5.74) is 1.39. The van der Waals surface area contributed by atoms with E-state index < -0.39 is 23.5 Å². The van der Waals surface area contributed by atoms with Crippen LogP contribution in [0.2, 0.25) is 0 Å². The summed E-state index contributed by atoms with van der Waals surface area (Å²) in [4.78, 5) is 21.4. The van der Waals surface area contributed by atoms with Crippen LogP contribution >= 0.6 is 0 Å². The summed E-state index contributed by atoms with van der Waals surface area (Å²) in [6, 6.07) is 25.5. The largest absolute Gasteiger partial charge is 0.478 e. The molecule has 3 aromatic carbocycles. The van der Waals surface area contributed by atoms with Crippen molar-refractivity contribution in [3.63, 3.8) is 0 Å². The molecule has 35 heavy (non-hydrogen) atoms. The molecule has 4 aromatic rings. The normalized spacial score (nSPS) is 13.6. The van der Waals surface area contributed by atoms with E-state index in [1.165, 1.54) is 24.3 Å². The number of aliphatic carboxylic acids is 1. The highest BCUT2D eigenvalue weighted by molar-refractivity contribution is 5.76. The molecular weight excluding hydrogens is 447 g/mol. The van der Waals surface area contributed by atoms with Crippen LogP contribution in [0.1, 0.15) is 28.1 Å². The van der Waals surface area contributed by atoms with Crippen LogP contribution in [0, 0.1) is 19.7 Å². The zero-order valence-corrected chi connectivity index (χ0v) is 19.4. The van der Waals surface area contributed by atoms with Crippen molar-refractivity contribution in [1.82, 2.24) is 9.97 Å². The van der Waals surface area contributed by atoms with E-state index in [4.69, 9.17) is 9.47 Å². The monoisotopic (exact) mass is 472 g/mol. The Morgan fingerprint density at radius 3 is 2.00 bits per heavy atom. The molecule has 1 N–H and O–H groups in total. The Hall–Kier alpha value is -4.10. The molecule has 4 rings (SSSR count). The number of rotatable bonds is 9. The van der Waals surface area contributed by atoms with Crippen LogP contribution in [-0.4, -0.2) is 27.1 Å². The number of hydrogen-bond donors (Lipinski definition) is 1. The van der Waals surface area contributed by atoms with Crippen molar-refractivity contribution in [3.8, 4) is 6.01 Å². The summed E-state index contributed by atoms with van der Waals surface area (Å²) in [5, 5.41) is 10.4. The van der Waals surface area contributed by atoms with E-state index in [1.807, 2.05) is 36.4 Å². The molecule has 7 heteroatoms. The van der Waals surface area contributed by atoms with Gasteiger partial charge in [-0.1, -0.05) is 72.8 Å². The average Bonchev–Trinajstić information content (AvgIpc) is 2.85. The Morgan fingerprint density at radius 1 is 0.886 bits per heavy atom. The van der Waals surface area contributed by atoms with E-state index in [-0.39, 0.29) is 12.6 Å². The molecule has 0 radical (unpaired) electrons. The third-order valence-corrected chi connectivity index (χ3v) is 5.56. The minimum absolute atomic E-state index is 0.0773. The first kappa shape index (κ1) is 24.0. The molecule has 0 saturated carbocycles. The van der Waals surface area contributed by atoms with Gasteiger partial charge in [0.1, 0.15) is 5.82 Å². The molecule has 1 heterocycles. The molecule has 0 bridgehead atoms. The van der Waals surface area contributed by atoms with Gasteiger partial charge >= 0.3 is 12.0 Å². The summed E-state index contributed by atoms with van der Waals surface area (Å²) in [6.45, 7) is 3.62. The highest BCUT2D eigenvalue weighted by atomic mass is 19.1. The zero-order chi connectivity index (χ0) is 24.8. The molecule has 6 nitrogen and oxygen atoms in total. The van der Waals surface area contributed by atoms with E-state index in [0.29, 0.717) is 22.5 Å². The number of ether oxygens (including phenoxy) is 2. The SMILES string of the molecule is Cc1cc(C)nc(OC(C(=O)O)C(OCc2ccccc2)(c2ccccc2)c2ccc(F)cc2)n1. The standard InChI is InChI=1S/C28H25FN2O4/c1-19-17-20(2)31-27(30-19)35-25(26(32)33)28(22-11-7-4-8-12-22,23-13-15-24(29)16-14-23)34-18-21-9-5-3-6-10-21/h3-17,25H,18H2,1-2H3,(H,32,33). The highest BCUT2D eigenvalue weighted by Crippen LogP contribution is 2.40. The molecule has 0 aliphatic carbocycles. The van der Waals surface area contributed by atoms with Crippen molar-refractivity contribution in [3.05, 3.63) is 125 Å². The van der Waals surface area contributed by atoms with Gasteiger partial charge in [-0.25, -0.2) is 19.2 Å². The van der Waals surface area contributed by atoms with Gasteiger partial charge in [0, 0.05) is 11.4 Å². The Balaban J connectivity index is 1.91. The minimum atomic E-state index is -1.66. The minimum Gasteiger partial charge on any atom is -0.478 e. The first-order chi connectivity index (χ1) is 16.9. The quantitative estimate of drug-likeness (QED) is 0.360. The maximum atomic E-state index is 13.9. The van der Waals surface area contributed by atoms with Crippen LogP contribution in [0.5, 0.6) is 6.01 Å². The average molecular weight is 473 g/mol. The molecule has 178 valence electrons. The van der Waals surface area contributed by atoms with Crippen LogP contribution in [0.4, 0.5) is 4.39 Å². The number of benzene rings is 3. The lowest BCUT2D eigenvalue weighted by Gasteiger charge is -2.39. The number of nitrogens with zero attached hydrogens (tertiary/aromatic N) is 2. The third kappa shape index (κ3) is 5.36. The van der Waals surface area contributed by atoms with Gasteiger partial charge in [-0.15, -0.1) is 0 Å². The van der Waals surface area contributed by atoms with E-state index >= 15 is 0 Å². The Bertz CT molecular complexity index is 1260. The molecule has 0 aliphatic heterocycles. The predicted molar refractivity (Wildman–Crippen MR) is 128 cm³/mol. The van der Waals surface area contributed by atoms with Gasteiger partial charge in [0.25, 0.3) is 0 Å². The molecule has 0 fully saturated rings. The number of carbonyl (C=O) groups is 1. The lowest BCUT2D eigenvalue weighted by Crippen LogP contribution is -2.51. The summed E-state index contributed by atoms with van der Waals surface area (Å²) < 4.78 is 26.4. The number of aryl methyl sites for hydroxylation is 2. The fourth-order valence-electron chi connectivity index (χ4n) is 4.03. The second-order valence-electron chi connectivity index (χ2n) is 8.15. The van der Waals surface area contributed by atoms with Gasteiger partial charge in [0.2, 0.25) is 6.10 Å². The van der Waals surface area contributed by atoms with Crippen LogP contribution in [0.25, 0.3) is 0 Å². The van der Waals surface area contributed by atoms with Crippen molar-refractivity contribution in [2.24, 2.45) is 0 Å². The molecule has 0 spiro atoms. The molecule has 0 saturated heterocycles. The lowest BCUT2D eigenvalue weighted by atomic mass is 9.81. The number of aromatic nitrogens is 2. The smallest absolute Gasteiger partial charge is 0.348 e. The predicted octanol–water partition coefficient (Wildman–Crippen LogP) is 5.23. The number of carboxylic acids is 1. The molecule has 2 unspecified atom stereocenters. The molecule has 1 aromatic heterocycles. The Morgan fingerprint density at radius 2 is 1.43 bits per heavy atom. The third-order valence-electron chi connectivity index (χ3n) is 5.56. The fourth-order valence-corrected chi connectivity index (χ4v) is 4.03. The summed E-state index contributed by atoms with van der Waals surface area (Å²) >= 11 is 0. The van der Waals surface area contributed by atoms with Crippen molar-refractivity contribution in [2.75, 3.05) is 0 Å². The van der Waals surface area contributed by atoms with Crippen LogP contribution in [0.15, 0.2) is 91.0 Å². The van der Waals surface area contributed by atoms with Crippen LogP contribution in [-0.2, 0) is 21.7 Å². The van der Waals surface area contributed by atoms with Gasteiger partial charge in [0.05, 0.1) is 6.61 Å². The van der Waals surface area contributed by atoms with Crippen molar-refractivity contribution < 1.29 is 23.8 Å².